The van der Waals surface area contributed by atoms with Crippen LogP contribution in [0.1, 0.15) is 52.7 Å². The second kappa shape index (κ2) is 11.6. The summed E-state index contributed by atoms with van der Waals surface area (Å²) < 4.78 is 13.0. The zero-order chi connectivity index (χ0) is 25.7. The number of rotatable bonds is 6. The molecular weight excluding hydrogens is 491 g/mol. The predicted octanol–water partition coefficient (Wildman–Crippen LogP) is 7.64. The standard InChI is InChI=1S/C12H21ClNO2Si.C12H20ClNOSi/c1-12(2,3)17(4,5)16-9-10-6-7-14(15)11(13)8-10;1-12(2,3)16(4,5)15-9-10-6-7-14-11(13)8-10/h6-8,15H,9H2,1-5H3;6-8H,9H2,1-5H3/q+1;. The lowest BCUT2D eigenvalue weighted by molar-refractivity contribution is -0.903. The molecule has 2 aromatic rings. The summed E-state index contributed by atoms with van der Waals surface area (Å²) in [4.78, 5) is 3.95. The third kappa shape index (κ3) is 9.66. The molecule has 1 N–H and O–H groups in total. The van der Waals surface area contributed by atoms with Gasteiger partial charge in [0.25, 0.3) is 0 Å². The Morgan fingerprint density at radius 3 is 1.70 bits per heavy atom. The van der Waals surface area contributed by atoms with Crippen molar-refractivity contribution in [2.45, 2.75) is 91.0 Å². The van der Waals surface area contributed by atoms with E-state index >= 15 is 0 Å². The average molecular weight is 533 g/mol. The number of nitrogens with zero attached hydrogens (tertiary/aromatic N) is 2. The SMILES string of the molecule is CC(C)(C)[Si](C)(C)OCc1cc[n+](O)c(Cl)c1.CC(C)(C)[Si](C)(C)OCc1ccnc(Cl)c1. The minimum absolute atomic E-state index is 0.197. The number of halogens is 2. The Morgan fingerprint density at radius 2 is 1.30 bits per heavy atom. The molecule has 0 radical (unpaired) electrons. The van der Waals surface area contributed by atoms with Gasteiger partial charge in [-0.1, -0.05) is 53.1 Å². The van der Waals surface area contributed by atoms with Gasteiger partial charge in [0.05, 0.1) is 13.2 Å². The van der Waals surface area contributed by atoms with Crippen LogP contribution in [0.4, 0.5) is 0 Å². The van der Waals surface area contributed by atoms with Gasteiger partial charge >= 0.3 is 5.15 Å². The van der Waals surface area contributed by atoms with Crippen LogP contribution in [-0.2, 0) is 22.1 Å². The lowest BCUT2D eigenvalue weighted by Gasteiger charge is -2.36. The van der Waals surface area contributed by atoms with Crippen molar-refractivity contribution in [2.75, 3.05) is 0 Å². The first kappa shape index (κ1) is 30.1. The molecule has 186 valence electrons. The normalized spacial score (nSPS) is 12.8. The van der Waals surface area contributed by atoms with E-state index in [1.165, 1.54) is 6.20 Å². The fraction of sp³-hybridized carbons (Fsp3) is 0.583. The van der Waals surface area contributed by atoms with Crippen LogP contribution in [0.3, 0.4) is 0 Å². The largest absolute Gasteiger partial charge is 0.413 e. The fourth-order valence-electron chi connectivity index (χ4n) is 2.09. The molecule has 0 saturated carbocycles. The maximum atomic E-state index is 9.25. The Hall–Kier alpha value is -0.966. The summed E-state index contributed by atoms with van der Waals surface area (Å²) in [5.41, 5.74) is 2.06. The molecule has 2 heterocycles. The van der Waals surface area contributed by atoms with Gasteiger partial charge < -0.3 is 8.85 Å². The first-order valence-electron chi connectivity index (χ1n) is 11.1. The summed E-state index contributed by atoms with van der Waals surface area (Å²) in [5, 5.41) is 10.5. The van der Waals surface area contributed by atoms with E-state index < -0.39 is 16.6 Å². The van der Waals surface area contributed by atoms with Crippen LogP contribution in [0.25, 0.3) is 0 Å². The van der Waals surface area contributed by atoms with Crippen LogP contribution in [0, 0.1) is 0 Å². The molecule has 33 heavy (non-hydrogen) atoms. The van der Waals surface area contributed by atoms with E-state index in [4.69, 9.17) is 32.1 Å². The van der Waals surface area contributed by atoms with Gasteiger partial charge in [-0.25, -0.2) is 4.98 Å². The van der Waals surface area contributed by atoms with Crippen molar-refractivity contribution >= 4 is 39.8 Å². The van der Waals surface area contributed by atoms with Gasteiger partial charge in [-0.2, -0.15) is 0 Å². The summed E-state index contributed by atoms with van der Waals surface area (Å²) in [7, 11) is -3.40. The van der Waals surface area contributed by atoms with Gasteiger partial charge in [0.2, 0.25) is 6.20 Å². The van der Waals surface area contributed by atoms with Crippen molar-refractivity contribution in [3.63, 3.8) is 0 Å². The second-order valence-corrected chi connectivity index (χ2v) is 21.7. The molecule has 0 unspecified atom stereocenters. The van der Waals surface area contributed by atoms with E-state index in [0.717, 1.165) is 15.9 Å². The summed E-state index contributed by atoms with van der Waals surface area (Å²) >= 11 is 11.7. The number of pyridine rings is 2. The molecule has 0 amide bonds. The zero-order valence-electron chi connectivity index (χ0n) is 21.8. The highest BCUT2D eigenvalue weighted by Gasteiger charge is 2.37. The van der Waals surface area contributed by atoms with E-state index in [-0.39, 0.29) is 10.1 Å². The zero-order valence-corrected chi connectivity index (χ0v) is 25.3. The van der Waals surface area contributed by atoms with Crippen LogP contribution < -0.4 is 4.73 Å². The summed E-state index contributed by atoms with van der Waals surface area (Å²) in [6.45, 7) is 23.4. The highest BCUT2D eigenvalue weighted by Crippen LogP contribution is 2.38. The third-order valence-electron chi connectivity index (χ3n) is 6.56. The predicted molar refractivity (Wildman–Crippen MR) is 142 cm³/mol. The Balaban J connectivity index is 0.000000331. The van der Waals surface area contributed by atoms with Crippen LogP contribution >= 0.6 is 23.2 Å². The van der Waals surface area contributed by atoms with Crippen LogP contribution in [0.2, 0.25) is 46.6 Å². The van der Waals surface area contributed by atoms with E-state index in [1.54, 1.807) is 18.3 Å². The van der Waals surface area contributed by atoms with Gasteiger partial charge in [0.1, 0.15) is 5.15 Å². The molecule has 0 bridgehead atoms. The number of hydrogen-bond acceptors (Lipinski definition) is 4. The minimum atomic E-state index is -1.73. The Kier molecular flexibility index (Phi) is 10.6. The van der Waals surface area contributed by atoms with Crippen LogP contribution in [0.15, 0.2) is 36.7 Å². The molecule has 0 aliphatic carbocycles. The highest BCUT2D eigenvalue weighted by atomic mass is 35.5. The van der Waals surface area contributed by atoms with Crippen LogP contribution in [0.5, 0.6) is 0 Å². The topological polar surface area (TPSA) is 55.5 Å². The maximum Gasteiger partial charge on any atom is 0.325 e. The quantitative estimate of drug-likeness (QED) is 0.180. The van der Waals surface area contributed by atoms with E-state index in [1.807, 2.05) is 12.1 Å². The lowest BCUT2D eigenvalue weighted by Crippen LogP contribution is -2.40. The summed E-state index contributed by atoms with van der Waals surface area (Å²) in [6, 6.07) is 7.32. The van der Waals surface area contributed by atoms with E-state index in [9.17, 15) is 5.21 Å². The van der Waals surface area contributed by atoms with Crippen molar-refractivity contribution < 1.29 is 18.8 Å². The molecule has 0 saturated heterocycles. The van der Waals surface area contributed by atoms with Gasteiger partial charge in [0.15, 0.2) is 16.6 Å². The highest BCUT2D eigenvalue weighted by molar-refractivity contribution is 6.74. The Morgan fingerprint density at radius 1 is 0.848 bits per heavy atom. The van der Waals surface area contributed by atoms with Crippen molar-refractivity contribution in [3.8, 4) is 0 Å². The van der Waals surface area contributed by atoms with Crippen molar-refractivity contribution in [1.82, 2.24) is 4.98 Å². The molecule has 5 nitrogen and oxygen atoms in total. The Labute approximate surface area is 212 Å². The molecule has 0 aliphatic heterocycles. The monoisotopic (exact) mass is 531 g/mol. The molecule has 0 spiro atoms. The van der Waals surface area contributed by atoms with Crippen molar-refractivity contribution in [2.24, 2.45) is 0 Å². The number of hydrogen-bond donors (Lipinski definition) is 1. The molecule has 9 heteroatoms. The van der Waals surface area contributed by atoms with E-state index in [2.05, 4.69) is 72.7 Å². The smallest absolute Gasteiger partial charge is 0.325 e. The molecule has 2 aromatic heterocycles. The first-order valence-corrected chi connectivity index (χ1v) is 17.7. The average Bonchev–Trinajstić information content (AvgIpc) is 2.66. The fourth-order valence-corrected chi connectivity index (χ4v) is 4.40. The minimum Gasteiger partial charge on any atom is -0.413 e. The van der Waals surface area contributed by atoms with Gasteiger partial charge in [0, 0.05) is 23.1 Å². The summed E-state index contributed by atoms with van der Waals surface area (Å²) in [5.74, 6) is 0. The molecule has 0 aliphatic rings. The molecule has 0 atom stereocenters. The van der Waals surface area contributed by atoms with E-state index in [0.29, 0.717) is 23.5 Å². The maximum absolute atomic E-state index is 9.25. The molecule has 2 rings (SSSR count). The van der Waals surface area contributed by atoms with Gasteiger partial charge in [-0.05, 0) is 71.1 Å². The third-order valence-corrected chi connectivity index (χ3v) is 16.0. The first-order chi connectivity index (χ1) is 14.9. The summed E-state index contributed by atoms with van der Waals surface area (Å²) in [6.07, 6.45) is 3.24. The van der Waals surface area contributed by atoms with Crippen LogP contribution in [-0.4, -0.2) is 26.8 Å². The molecular formula is C24H41Cl2N2O3Si2+. The van der Waals surface area contributed by atoms with Gasteiger partial charge in [-0.15, -0.1) is 0 Å². The number of aromatic nitrogens is 2. The van der Waals surface area contributed by atoms with Gasteiger partial charge in [-0.3, -0.25) is 5.21 Å². The lowest BCUT2D eigenvalue weighted by atomic mass is 10.2. The second-order valence-electron chi connectivity index (χ2n) is 11.3. The van der Waals surface area contributed by atoms with Crippen molar-refractivity contribution in [1.29, 1.82) is 0 Å². The molecule has 0 aromatic carbocycles. The Bertz CT molecular complexity index is 911. The molecule has 0 fully saturated rings. The van der Waals surface area contributed by atoms with Crippen molar-refractivity contribution in [3.05, 3.63) is 58.1 Å².